The number of unbranched alkanes of at least 4 members (excludes halogenated alkanes) is 2. The van der Waals surface area contributed by atoms with Crippen molar-refractivity contribution in [2.24, 2.45) is 0 Å². The molecule has 0 aliphatic carbocycles. The maximum Gasteiger partial charge on any atom is 0.118 e. The van der Waals surface area contributed by atoms with Crippen LogP contribution >= 0.6 is 23.5 Å². The van der Waals surface area contributed by atoms with Crippen molar-refractivity contribution in [3.63, 3.8) is 0 Å². The Labute approximate surface area is 215 Å². The van der Waals surface area contributed by atoms with Crippen LogP contribution in [0.4, 0.5) is 0 Å². The zero-order chi connectivity index (χ0) is 24.7. The SMILES string of the molecule is COCCCCC#C/C(=C/C#CCSc1ccccc1)C(SC(C)(C)C)c1ccc(OC)cc1. The van der Waals surface area contributed by atoms with E-state index in [1.807, 2.05) is 36.0 Å². The molecule has 0 heterocycles. The molecular formula is C30H36O2S2. The first-order valence-electron chi connectivity index (χ1n) is 11.6. The topological polar surface area (TPSA) is 18.5 Å². The highest BCUT2D eigenvalue weighted by molar-refractivity contribution is 8.01. The Kier molecular flexibility index (Phi) is 12.9. The van der Waals surface area contributed by atoms with Gasteiger partial charge in [0.05, 0.1) is 18.1 Å². The van der Waals surface area contributed by atoms with Gasteiger partial charge in [0.2, 0.25) is 0 Å². The van der Waals surface area contributed by atoms with E-state index in [9.17, 15) is 0 Å². The number of rotatable bonds is 10. The summed E-state index contributed by atoms with van der Waals surface area (Å²) in [6, 6.07) is 18.7. The quantitative estimate of drug-likeness (QED) is 0.191. The number of benzene rings is 2. The van der Waals surface area contributed by atoms with Crippen molar-refractivity contribution in [3.8, 4) is 29.4 Å². The summed E-state index contributed by atoms with van der Waals surface area (Å²) < 4.78 is 10.6. The van der Waals surface area contributed by atoms with E-state index in [2.05, 4.69) is 80.9 Å². The predicted octanol–water partition coefficient (Wildman–Crippen LogP) is 7.81. The van der Waals surface area contributed by atoms with Gasteiger partial charge in [-0.3, -0.25) is 0 Å². The Morgan fingerprint density at radius 1 is 0.971 bits per heavy atom. The summed E-state index contributed by atoms with van der Waals surface area (Å²) in [6.45, 7) is 7.51. The van der Waals surface area contributed by atoms with Crippen LogP contribution in [0.5, 0.6) is 5.75 Å². The van der Waals surface area contributed by atoms with Gasteiger partial charge < -0.3 is 9.47 Å². The van der Waals surface area contributed by atoms with E-state index >= 15 is 0 Å². The second-order valence-electron chi connectivity index (χ2n) is 8.66. The van der Waals surface area contributed by atoms with Crippen LogP contribution < -0.4 is 4.74 Å². The van der Waals surface area contributed by atoms with Crippen LogP contribution in [0.15, 0.2) is 71.1 Å². The fourth-order valence-corrected chi connectivity index (χ4v) is 4.98. The fourth-order valence-electron chi connectivity index (χ4n) is 3.05. The van der Waals surface area contributed by atoms with Crippen LogP contribution in [0.1, 0.15) is 50.8 Å². The number of allylic oxidation sites excluding steroid dienone is 1. The molecule has 2 aromatic carbocycles. The zero-order valence-corrected chi connectivity index (χ0v) is 22.7. The van der Waals surface area contributed by atoms with Crippen LogP contribution in [0.3, 0.4) is 0 Å². The molecule has 0 aromatic heterocycles. The summed E-state index contributed by atoms with van der Waals surface area (Å²) >= 11 is 3.65. The normalized spacial score (nSPS) is 12.2. The van der Waals surface area contributed by atoms with Crippen molar-refractivity contribution in [3.05, 3.63) is 71.8 Å². The maximum atomic E-state index is 5.37. The Hall–Kier alpha value is -2.24. The highest BCUT2D eigenvalue weighted by atomic mass is 32.2. The molecule has 0 aliphatic heterocycles. The fraction of sp³-hybridized carbons (Fsp3) is 0.400. The molecule has 0 aliphatic rings. The van der Waals surface area contributed by atoms with E-state index in [1.165, 1.54) is 10.5 Å². The lowest BCUT2D eigenvalue weighted by molar-refractivity contribution is 0.193. The van der Waals surface area contributed by atoms with Crippen molar-refractivity contribution in [2.45, 2.75) is 54.9 Å². The van der Waals surface area contributed by atoms with Gasteiger partial charge in [-0.25, -0.2) is 0 Å². The minimum atomic E-state index is 0.0699. The largest absolute Gasteiger partial charge is 0.497 e. The van der Waals surface area contributed by atoms with Gasteiger partial charge in [0.25, 0.3) is 0 Å². The Balaban J connectivity index is 2.27. The Morgan fingerprint density at radius 2 is 1.71 bits per heavy atom. The zero-order valence-electron chi connectivity index (χ0n) is 21.0. The Bertz CT molecular complexity index is 997. The van der Waals surface area contributed by atoms with E-state index < -0.39 is 0 Å². The molecule has 4 heteroatoms. The molecule has 2 aromatic rings. The van der Waals surface area contributed by atoms with Gasteiger partial charge in [0, 0.05) is 41.4 Å². The maximum absolute atomic E-state index is 5.37. The summed E-state index contributed by atoms with van der Waals surface area (Å²) in [5.41, 5.74) is 2.26. The minimum absolute atomic E-state index is 0.0699. The van der Waals surface area contributed by atoms with Crippen LogP contribution in [-0.4, -0.2) is 31.3 Å². The lowest BCUT2D eigenvalue weighted by Gasteiger charge is -2.26. The number of thioether (sulfide) groups is 2. The molecule has 0 spiro atoms. The molecule has 0 radical (unpaired) electrons. The summed E-state index contributed by atoms with van der Waals surface area (Å²) in [7, 11) is 3.43. The van der Waals surface area contributed by atoms with Gasteiger partial charge in [-0.05, 0) is 42.7 Å². The van der Waals surface area contributed by atoms with E-state index in [-0.39, 0.29) is 10.00 Å². The molecule has 1 atom stereocenters. The first-order chi connectivity index (χ1) is 16.4. The molecule has 0 amide bonds. The van der Waals surface area contributed by atoms with Crippen LogP contribution in [0.2, 0.25) is 0 Å². The second kappa shape index (κ2) is 15.6. The van der Waals surface area contributed by atoms with Gasteiger partial charge in [-0.1, -0.05) is 74.8 Å². The summed E-state index contributed by atoms with van der Waals surface area (Å²) in [5.74, 6) is 15.0. The van der Waals surface area contributed by atoms with E-state index in [0.717, 1.165) is 42.9 Å². The standard InChI is InChI=1S/C30H36O2S2/c1-30(2,3)34-29(26-19-21-27(32-5)22-20-26)25(15-9-6-7-13-23-31-4)16-12-14-24-33-28-17-10-8-11-18-28/h8,10-11,16-22,29H,6-7,13,23-24H2,1-5H3/b25-16-. The molecule has 1 unspecified atom stereocenters. The molecule has 0 N–H and O–H groups in total. The van der Waals surface area contributed by atoms with Crippen molar-refractivity contribution in [1.29, 1.82) is 0 Å². The van der Waals surface area contributed by atoms with Crippen molar-refractivity contribution < 1.29 is 9.47 Å². The smallest absolute Gasteiger partial charge is 0.118 e. The molecule has 0 bridgehead atoms. The third-order valence-corrected chi connectivity index (χ3v) is 7.05. The third-order valence-electron chi connectivity index (χ3n) is 4.69. The molecule has 0 saturated heterocycles. The van der Waals surface area contributed by atoms with Crippen molar-refractivity contribution >= 4 is 23.5 Å². The van der Waals surface area contributed by atoms with Gasteiger partial charge >= 0.3 is 0 Å². The first kappa shape index (κ1) is 28.0. The van der Waals surface area contributed by atoms with Gasteiger partial charge in [-0.2, -0.15) is 0 Å². The summed E-state index contributed by atoms with van der Waals surface area (Å²) in [5, 5.41) is 0.105. The average Bonchev–Trinajstić information content (AvgIpc) is 2.83. The van der Waals surface area contributed by atoms with E-state index in [1.54, 1.807) is 26.0 Å². The van der Waals surface area contributed by atoms with Crippen molar-refractivity contribution in [2.75, 3.05) is 26.6 Å². The van der Waals surface area contributed by atoms with Gasteiger partial charge in [0.1, 0.15) is 5.75 Å². The van der Waals surface area contributed by atoms with Crippen LogP contribution in [-0.2, 0) is 4.74 Å². The summed E-state index contributed by atoms with van der Waals surface area (Å²) in [4.78, 5) is 1.23. The average molecular weight is 493 g/mol. The van der Waals surface area contributed by atoms with Crippen LogP contribution in [0.25, 0.3) is 0 Å². The monoisotopic (exact) mass is 492 g/mol. The minimum Gasteiger partial charge on any atom is -0.497 e. The second-order valence-corrected chi connectivity index (χ2v) is 11.6. The van der Waals surface area contributed by atoms with Gasteiger partial charge in [0.15, 0.2) is 0 Å². The lowest BCUT2D eigenvalue weighted by atomic mass is 10.0. The third kappa shape index (κ3) is 11.3. The molecule has 180 valence electrons. The molecule has 0 fully saturated rings. The molecule has 34 heavy (non-hydrogen) atoms. The molecular weight excluding hydrogens is 456 g/mol. The number of hydrogen-bond acceptors (Lipinski definition) is 4. The van der Waals surface area contributed by atoms with Gasteiger partial charge in [-0.15, -0.1) is 23.5 Å². The van der Waals surface area contributed by atoms with Crippen molar-refractivity contribution in [1.82, 2.24) is 0 Å². The van der Waals surface area contributed by atoms with E-state index in [0.29, 0.717) is 0 Å². The molecule has 0 saturated carbocycles. The highest BCUT2D eigenvalue weighted by Gasteiger charge is 2.23. The van der Waals surface area contributed by atoms with E-state index in [4.69, 9.17) is 9.47 Å². The number of hydrogen-bond donors (Lipinski definition) is 0. The lowest BCUT2D eigenvalue weighted by Crippen LogP contribution is -2.12. The summed E-state index contributed by atoms with van der Waals surface area (Å²) in [6.07, 6.45) is 4.93. The molecule has 2 rings (SSSR count). The first-order valence-corrected chi connectivity index (χ1v) is 13.5. The highest BCUT2D eigenvalue weighted by Crippen LogP contribution is 2.43. The molecule has 2 nitrogen and oxygen atoms in total. The predicted molar refractivity (Wildman–Crippen MR) is 150 cm³/mol. The number of methoxy groups -OCH3 is 2. The number of ether oxygens (including phenoxy) is 2. The Morgan fingerprint density at radius 3 is 2.35 bits per heavy atom. The van der Waals surface area contributed by atoms with Crippen LogP contribution in [0, 0.1) is 23.7 Å².